The van der Waals surface area contributed by atoms with E-state index in [0.717, 1.165) is 25.7 Å². The van der Waals surface area contributed by atoms with E-state index >= 15 is 0 Å². The van der Waals surface area contributed by atoms with Crippen LogP contribution in [0.3, 0.4) is 0 Å². The number of aliphatic hydroxyl groups excluding tert-OH is 1. The number of nitrogens with zero attached hydrogens (tertiary/aromatic N) is 2. The molecule has 5 heteroatoms. The zero-order valence-electron chi connectivity index (χ0n) is 9.06. The Kier molecular flexibility index (Phi) is 3.96. The van der Waals surface area contributed by atoms with Crippen molar-refractivity contribution >= 4 is 17.4 Å². The van der Waals surface area contributed by atoms with Crippen molar-refractivity contribution in [1.29, 1.82) is 0 Å². The fourth-order valence-corrected chi connectivity index (χ4v) is 2.21. The summed E-state index contributed by atoms with van der Waals surface area (Å²) in [5.41, 5.74) is 0. The molecule has 0 spiro atoms. The average molecular weight is 242 g/mol. The van der Waals surface area contributed by atoms with Gasteiger partial charge in [-0.05, 0) is 12.8 Å². The summed E-state index contributed by atoms with van der Waals surface area (Å²) < 4.78 is 0. The second-order valence-electron chi connectivity index (χ2n) is 4.15. The number of hydrogen-bond acceptors (Lipinski definition) is 4. The smallest absolute Gasteiger partial charge is 0.171 e. The molecule has 2 N–H and O–H groups in total. The third-order valence-corrected chi connectivity index (χ3v) is 3.23. The lowest BCUT2D eigenvalue weighted by Gasteiger charge is -2.22. The molecular weight excluding hydrogens is 226 g/mol. The van der Waals surface area contributed by atoms with Crippen LogP contribution in [-0.2, 0) is 0 Å². The van der Waals surface area contributed by atoms with Crippen molar-refractivity contribution in [3.05, 3.63) is 17.5 Å². The molecule has 2 atom stereocenters. The first-order valence-electron chi connectivity index (χ1n) is 5.68. The van der Waals surface area contributed by atoms with E-state index in [0.29, 0.717) is 11.0 Å². The molecule has 1 aromatic rings. The van der Waals surface area contributed by atoms with Crippen molar-refractivity contribution in [3.8, 4) is 0 Å². The van der Waals surface area contributed by atoms with Crippen LogP contribution in [0.5, 0.6) is 0 Å². The quantitative estimate of drug-likeness (QED) is 0.780. The molecule has 4 nitrogen and oxygen atoms in total. The predicted octanol–water partition coefficient (Wildman–Crippen LogP) is 2.24. The van der Waals surface area contributed by atoms with Gasteiger partial charge < -0.3 is 10.4 Å². The third-order valence-electron chi connectivity index (χ3n) is 2.96. The second-order valence-corrected chi connectivity index (χ2v) is 4.51. The van der Waals surface area contributed by atoms with Gasteiger partial charge in [0.2, 0.25) is 0 Å². The third kappa shape index (κ3) is 2.83. The van der Waals surface area contributed by atoms with E-state index in [2.05, 4.69) is 15.3 Å². The van der Waals surface area contributed by atoms with Crippen LogP contribution in [0, 0.1) is 0 Å². The number of anilines is 1. The van der Waals surface area contributed by atoms with E-state index in [4.69, 9.17) is 11.6 Å². The number of halogens is 1. The summed E-state index contributed by atoms with van der Waals surface area (Å²) in [5, 5.41) is 13.5. The first-order chi connectivity index (χ1) is 7.77. The summed E-state index contributed by atoms with van der Waals surface area (Å²) in [5.74, 6) is 0.565. The van der Waals surface area contributed by atoms with E-state index in [-0.39, 0.29) is 12.1 Å². The van der Waals surface area contributed by atoms with Crippen LogP contribution in [0.25, 0.3) is 0 Å². The molecular formula is C11H16ClN3O. The highest BCUT2D eigenvalue weighted by Gasteiger charge is 2.22. The first kappa shape index (κ1) is 11.6. The van der Waals surface area contributed by atoms with E-state index < -0.39 is 0 Å². The SMILES string of the molecule is OC1CCCCCC1Nc1nccnc1Cl. The highest BCUT2D eigenvalue weighted by Crippen LogP contribution is 2.23. The Morgan fingerprint density at radius 1 is 1.19 bits per heavy atom. The largest absolute Gasteiger partial charge is 0.391 e. The molecule has 2 unspecified atom stereocenters. The molecule has 1 saturated carbocycles. The molecule has 1 aliphatic carbocycles. The lowest BCUT2D eigenvalue weighted by Crippen LogP contribution is -2.32. The van der Waals surface area contributed by atoms with Crippen molar-refractivity contribution in [2.24, 2.45) is 0 Å². The van der Waals surface area contributed by atoms with Gasteiger partial charge in [-0.15, -0.1) is 0 Å². The highest BCUT2D eigenvalue weighted by atomic mass is 35.5. The predicted molar refractivity (Wildman–Crippen MR) is 63.5 cm³/mol. The molecule has 1 heterocycles. The summed E-state index contributed by atoms with van der Waals surface area (Å²) >= 11 is 5.91. The normalized spacial score (nSPS) is 26.1. The Morgan fingerprint density at radius 2 is 1.94 bits per heavy atom. The minimum atomic E-state index is -0.319. The Bertz CT molecular complexity index is 348. The minimum absolute atomic E-state index is 0.0386. The van der Waals surface area contributed by atoms with Gasteiger partial charge in [-0.1, -0.05) is 30.9 Å². The average Bonchev–Trinajstić information content (AvgIpc) is 2.48. The van der Waals surface area contributed by atoms with Gasteiger partial charge in [-0.3, -0.25) is 0 Å². The van der Waals surface area contributed by atoms with E-state index in [1.54, 1.807) is 12.4 Å². The maximum atomic E-state index is 9.95. The van der Waals surface area contributed by atoms with Crippen molar-refractivity contribution in [2.45, 2.75) is 44.2 Å². The van der Waals surface area contributed by atoms with E-state index in [1.165, 1.54) is 6.42 Å². The lowest BCUT2D eigenvalue weighted by atomic mass is 10.1. The Balaban J connectivity index is 2.05. The van der Waals surface area contributed by atoms with Crippen molar-refractivity contribution in [2.75, 3.05) is 5.32 Å². The Labute approximate surface area is 100 Å². The molecule has 2 rings (SSSR count). The van der Waals surface area contributed by atoms with Crippen LogP contribution in [-0.4, -0.2) is 27.2 Å². The fraction of sp³-hybridized carbons (Fsp3) is 0.636. The van der Waals surface area contributed by atoms with Gasteiger partial charge in [0.25, 0.3) is 0 Å². The number of aromatic nitrogens is 2. The van der Waals surface area contributed by atoms with Gasteiger partial charge in [0, 0.05) is 12.4 Å². The van der Waals surface area contributed by atoms with Gasteiger partial charge in [0.1, 0.15) is 0 Å². The number of rotatable bonds is 2. The molecule has 88 valence electrons. The fourth-order valence-electron chi connectivity index (χ4n) is 2.05. The van der Waals surface area contributed by atoms with E-state index in [1.807, 2.05) is 0 Å². The standard InChI is InChI=1S/C11H16ClN3O/c12-10-11(14-7-6-13-10)15-8-4-2-1-3-5-9(8)16/h6-9,16H,1-5H2,(H,14,15). The van der Waals surface area contributed by atoms with Crippen LogP contribution in [0.1, 0.15) is 32.1 Å². The molecule has 0 saturated heterocycles. The van der Waals surface area contributed by atoms with Gasteiger partial charge in [-0.25, -0.2) is 9.97 Å². The van der Waals surface area contributed by atoms with Gasteiger partial charge in [0.15, 0.2) is 11.0 Å². The minimum Gasteiger partial charge on any atom is -0.391 e. The second kappa shape index (κ2) is 5.46. The van der Waals surface area contributed by atoms with Crippen molar-refractivity contribution in [1.82, 2.24) is 9.97 Å². The topological polar surface area (TPSA) is 58.0 Å². The maximum absolute atomic E-state index is 9.95. The summed E-state index contributed by atoms with van der Waals surface area (Å²) in [6, 6.07) is 0.0386. The van der Waals surface area contributed by atoms with Crippen LogP contribution in [0.15, 0.2) is 12.4 Å². The molecule has 0 aliphatic heterocycles. The number of nitrogens with one attached hydrogen (secondary N) is 1. The molecule has 0 bridgehead atoms. The Hall–Kier alpha value is -0.870. The van der Waals surface area contributed by atoms with Crippen LogP contribution in [0.2, 0.25) is 5.15 Å². The monoisotopic (exact) mass is 241 g/mol. The Morgan fingerprint density at radius 3 is 2.75 bits per heavy atom. The molecule has 0 amide bonds. The van der Waals surface area contributed by atoms with Gasteiger partial charge >= 0.3 is 0 Å². The van der Waals surface area contributed by atoms with Crippen molar-refractivity contribution < 1.29 is 5.11 Å². The maximum Gasteiger partial charge on any atom is 0.171 e. The molecule has 0 aromatic carbocycles. The van der Waals surface area contributed by atoms with Crippen LogP contribution in [0.4, 0.5) is 5.82 Å². The molecule has 16 heavy (non-hydrogen) atoms. The summed E-state index contributed by atoms with van der Waals surface area (Å²) in [4.78, 5) is 8.07. The van der Waals surface area contributed by atoms with Gasteiger partial charge in [-0.2, -0.15) is 0 Å². The van der Waals surface area contributed by atoms with Crippen molar-refractivity contribution in [3.63, 3.8) is 0 Å². The van der Waals surface area contributed by atoms with Crippen LogP contribution >= 0.6 is 11.6 Å². The zero-order chi connectivity index (χ0) is 11.4. The first-order valence-corrected chi connectivity index (χ1v) is 6.06. The number of aliphatic hydroxyl groups is 1. The lowest BCUT2D eigenvalue weighted by molar-refractivity contribution is 0.144. The molecule has 1 aromatic heterocycles. The number of hydrogen-bond donors (Lipinski definition) is 2. The molecule has 0 radical (unpaired) electrons. The van der Waals surface area contributed by atoms with Gasteiger partial charge in [0.05, 0.1) is 12.1 Å². The summed E-state index contributed by atoms with van der Waals surface area (Å²) in [6.45, 7) is 0. The summed E-state index contributed by atoms with van der Waals surface area (Å²) in [6.07, 6.45) is 8.03. The zero-order valence-corrected chi connectivity index (χ0v) is 9.82. The molecule has 1 aliphatic rings. The molecule has 1 fully saturated rings. The van der Waals surface area contributed by atoms with E-state index in [9.17, 15) is 5.11 Å². The van der Waals surface area contributed by atoms with Crippen LogP contribution < -0.4 is 5.32 Å². The summed E-state index contributed by atoms with van der Waals surface area (Å²) in [7, 11) is 0. The highest BCUT2D eigenvalue weighted by molar-refractivity contribution is 6.31.